The Bertz CT molecular complexity index is 330. The van der Waals surface area contributed by atoms with Gasteiger partial charge in [-0.2, -0.15) is 0 Å². The summed E-state index contributed by atoms with van der Waals surface area (Å²) in [6.45, 7) is 1.53. The molecule has 0 aromatic carbocycles. The van der Waals surface area contributed by atoms with Gasteiger partial charge >= 0.3 is 0 Å². The molecule has 1 aromatic heterocycles. The molecule has 0 saturated carbocycles. The summed E-state index contributed by atoms with van der Waals surface area (Å²) in [6, 6.07) is 5.59. The maximum absolute atomic E-state index is 9.55. The fraction of sp³-hybridized carbons (Fsp3) is 0.545. The Morgan fingerprint density at radius 2 is 2.33 bits per heavy atom. The van der Waals surface area contributed by atoms with Gasteiger partial charge in [-0.3, -0.25) is 0 Å². The Labute approximate surface area is 89.2 Å². The SMILES string of the molecule is OCc1cccc(N2CCCC(O)C2)n1. The summed E-state index contributed by atoms with van der Waals surface area (Å²) < 4.78 is 0. The maximum atomic E-state index is 9.55. The highest BCUT2D eigenvalue weighted by molar-refractivity contribution is 5.39. The van der Waals surface area contributed by atoms with Crippen LogP contribution in [0.5, 0.6) is 0 Å². The lowest BCUT2D eigenvalue weighted by Crippen LogP contribution is -2.38. The monoisotopic (exact) mass is 208 g/mol. The van der Waals surface area contributed by atoms with Crippen LogP contribution in [0.15, 0.2) is 18.2 Å². The lowest BCUT2D eigenvalue weighted by Gasteiger charge is -2.31. The lowest BCUT2D eigenvalue weighted by atomic mass is 10.1. The first kappa shape index (κ1) is 10.4. The third-order valence-corrected chi connectivity index (χ3v) is 2.67. The Kier molecular flexibility index (Phi) is 3.18. The van der Waals surface area contributed by atoms with E-state index in [9.17, 15) is 5.11 Å². The summed E-state index contributed by atoms with van der Waals surface area (Å²) in [7, 11) is 0. The van der Waals surface area contributed by atoms with Gasteiger partial charge in [0, 0.05) is 13.1 Å². The Morgan fingerprint density at radius 1 is 1.47 bits per heavy atom. The smallest absolute Gasteiger partial charge is 0.128 e. The fourth-order valence-electron chi connectivity index (χ4n) is 1.89. The van der Waals surface area contributed by atoms with Crippen LogP contribution in [-0.4, -0.2) is 34.4 Å². The van der Waals surface area contributed by atoms with E-state index >= 15 is 0 Å². The van der Waals surface area contributed by atoms with Crippen molar-refractivity contribution in [3.05, 3.63) is 23.9 Å². The van der Waals surface area contributed by atoms with Gasteiger partial charge in [-0.25, -0.2) is 4.98 Å². The first-order chi connectivity index (χ1) is 7.29. The molecule has 0 spiro atoms. The highest BCUT2D eigenvalue weighted by Gasteiger charge is 2.18. The average Bonchev–Trinajstić information content (AvgIpc) is 2.29. The van der Waals surface area contributed by atoms with Crippen molar-refractivity contribution in [1.29, 1.82) is 0 Å². The van der Waals surface area contributed by atoms with E-state index < -0.39 is 0 Å². The number of hydrogen-bond acceptors (Lipinski definition) is 4. The predicted octanol–water partition coefficient (Wildman–Crippen LogP) is 0.535. The van der Waals surface area contributed by atoms with Crippen molar-refractivity contribution in [2.75, 3.05) is 18.0 Å². The Hall–Kier alpha value is -1.13. The molecule has 0 radical (unpaired) electrons. The molecule has 1 unspecified atom stereocenters. The van der Waals surface area contributed by atoms with Crippen LogP contribution < -0.4 is 4.90 Å². The molecule has 82 valence electrons. The van der Waals surface area contributed by atoms with Crippen LogP contribution in [0, 0.1) is 0 Å². The molecule has 1 aliphatic rings. The van der Waals surface area contributed by atoms with Crippen molar-refractivity contribution >= 4 is 5.82 Å². The van der Waals surface area contributed by atoms with Crippen LogP contribution in [0.3, 0.4) is 0 Å². The standard InChI is InChI=1S/C11H16N2O2/c14-8-9-3-1-5-11(12-9)13-6-2-4-10(15)7-13/h1,3,5,10,14-15H,2,4,6-8H2. The van der Waals surface area contributed by atoms with Crippen LogP contribution in [-0.2, 0) is 6.61 Å². The number of rotatable bonds is 2. The number of pyridine rings is 1. The van der Waals surface area contributed by atoms with Gasteiger partial charge in [-0.1, -0.05) is 6.07 Å². The number of aromatic nitrogens is 1. The Morgan fingerprint density at radius 3 is 3.07 bits per heavy atom. The van der Waals surface area contributed by atoms with Crippen LogP contribution >= 0.6 is 0 Å². The van der Waals surface area contributed by atoms with Crippen molar-refractivity contribution in [3.8, 4) is 0 Å². The molecule has 1 aromatic rings. The number of aliphatic hydroxyl groups is 2. The van der Waals surface area contributed by atoms with E-state index in [0.717, 1.165) is 25.2 Å². The second-order valence-electron chi connectivity index (χ2n) is 3.89. The van der Waals surface area contributed by atoms with Gasteiger partial charge in [0.05, 0.1) is 18.4 Å². The minimum atomic E-state index is -0.252. The normalized spacial score (nSPS) is 21.7. The molecule has 1 saturated heterocycles. The maximum Gasteiger partial charge on any atom is 0.128 e. The van der Waals surface area contributed by atoms with E-state index in [1.807, 2.05) is 12.1 Å². The van der Waals surface area contributed by atoms with E-state index in [1.165, 1.54) is 0 Å². The van der Waals surface area contributed by atoms with Crippen molar-refractivity contribution < 1.29 is 10.2 Å². The molecule has 0 bridgehead atoms. The average molecular weight is 208 g/mol. The summed E-state index contributed by atoms with van der Waals surface area (Å²) in [5, 5.41) is 18.5. The van der Waals surface area contributed by atoms with Gasteiger partial charge in [0.1, 0.15) is 5.82 Å². The molecular weight excluding hydrogens is 192 g/mol. The summed E-state index contributed by atoms with van der Waals surface area (Å²) in [6.07, 6.45) is 1.61. The molecule has 0 amide bonds. The van der Waals surface area contributed by atoms with E-state index in [-0.39, 0.29) is 12.7 Å². The Balaban J connectivity index is 2.13. The number of β-amino-alcohol motifs (C(OH)–C–C–N with tert-alkyl or cyclic N) is 1. The lowest BCUT2D eigenvalue weighted by molar-refractivity contribution is 0.154. The van der Waals surface area contributed by atoms with Crippen molar-refractivity contribution in [2.45, 2.75) is 25.6 Å². The first-order valence-corrected chi connectivity index (χ1v) is 5.29. The number of hydrogen-bond donors (Lipinski definition) is 2. The third kappa shape index (κ3) is 2.46. The quantitative estimate of drug-likeness (QED) is 0.744. The second-order valence-corrected chi connectivity index (χ2v) is 3.89. The second kappa shape index (κ2) is 4.59. The van der Waals surface area contributed by atoms with Gasteiger partial charge in [0.25, 0.3) is 0 Å². The van der Waals surface area contributed by atoms with Crippen molar-refractivity contribution in [1.82, 2.24) is 4.98 Å². The van der Waals surface area contributed by atoms with E-state index in [4.69, 9.17) is 5.11 Å². The number of nitrogens with zero attached hydrogens (tertiary/aromatic N) is 2. The topological polar surface area (TPSA) is 56.6 Å². The van der Waals surface area contributed by atoms with E-state index in [1.54, 1.807) is 6.07 Å². The molecular formula is C11H16N2O2. The van der Waals surface area contributed by atoms with Gasteiger partial charge in [0.15, 0.2) is 0 Å². The highest BCUT2D eigenvalue weighted by atomic mass is 16.3. The van der Waals surface area contributed by atoms with Gasteiger partial charge in [-0.15, -0.1) is 0 Å². The molecule has 15 heavy (non-hydrogen) atoms. The minimum absolute atomic E-state index is 0.0375. The fourth-order valence-corrected chi connectivity index (χ4v) is 1.89. The molecule has 1 fully saturated rings. The van der Waals surface area contributed by atoms with E-state index in [2.05, 4.69) is 9.88 Å². The van der Waals surface area contributed by atoms with Crippen LogP contribution in [0.25, 0.3) is 0 Å². The largest absolute Gasteiger partial charge is 0.391 e. The molecule has 4 heteroatoms. The number of aliphatic hydroxyl groups excluding tert-OH is 2. The molecule has 2 heterocycles. The van der Waals surface area contributed by atoms with Crippen LogP contribution in [0.4, 0.5) is 5.82 Å². The van der Waals surface area contributed by atoms with Gasteiger partial charge < -0.3 is 15.1 Å². The third-order valence-electron chi connectivity index (χ3n) is 2.67. The summed E-state index contributed by atoms with van der Waals surface area (Å²) in [5.41, 5.74) is 0.674. The molecule has 4 nitrogen and oxygen atoms in total. The highest BCUT2D eigenvalue weighted by Crippen LogP contribution is 2.17. The molecule has 2 N–H and O–H groups in total. The molecule has 1 aliphatic heterocycles. The van der Waals surface area contributed by atoms with E-state index in [0.29, 0.717) is 12.2 Å². The van der Waals surface area contributed by atoms with Gasteiger partial charge in [-0.05, 0) is 25.0 Å². The number of piperidine rings is 1. The zero-order valence-corrected chi connectivity index (χ0v) is 8.63. The van der Waals surface area contributed by atoms with Gasteiger partial charge in [0.2, 0.25) is 0 Å². The molecule has 2 rings (SSSR count). The molecule has 1 atom stereocenters. The van der Waals surface area contributed by atoms with Crippen LogP contribution in [0.2, 0.25) is 0 Å². The minimum Gasteiger partial charge on any atom is -0.391 e. The summed E-state index contributed by atoms with van der Waals surface area (Å²) in [4.78, 5) is 6.38. The van der Waals surface area contributed by atoms with Crippen LogP contribution in [0.1, 0.15) is 18.5 Å². The predicted molar refractivity (Wildman–Crippen MR) is 57.6 cm³/mol. The summed E-state index contributed by atoms with van der Waals surface area (Å²) in [5.74, 6) is 0.848. The van der Waals surface area contributed by atoms with Crippen molar-refractivity contribution in [3.63, 3.8) is 0 Å². The van der Waals surface area contributed by atoms with Crippen molar-refractivity contribution in [2.24, 2.45) is 0 Å². The first-order valence-electron chi connectivity index (χ1n) is 5.29. The number of anilines is 1. The zero-order chi connectivity index (χ0) is 10.7. The summed E-state index contributed by atoms with van der Waals surface area (Å²) >= 11 is 0. The molecule has 0 aliphatic carbocycles. The zero-order valence-electron chi connectivity index (χ0n) is 8.63.